The molecule has 1 N–H and O–H groups in total. The van der Waals surface area contributed by atoms with Gasteiger partial charge in [0.15, 0.2) is 0 Å². The van der Waals surface area contributed by atoms with Crippen molar-refractivity contribution in [1.29, 1.82) is 5.26 Å². The van der Waals surface area contributed by atoms with E-state index in [9.17, 15) is 0 Å². The van der Waals surface area contributed by atoms with Gasteiger partial charge in [0, 0.05) is 6.04 Å². The molecule has 13 heavy (non-hydrogen) atoms. The zero-order chi connectivity index (χ0) is 9.52. The van der Waals surface area contributed by atoms with Gasteiger partial charge < -0.3 is 9.73 Å². The van der Waals surface area contributed by atoms with E-state index in [0.29, 0.717) is 13.0 Å². The molecule has 0 saturated carbocycles. The van der Waals surface area contributed by atoms with Crippen LogP contribution in [0.3, 0.4) is 0 Å². The monoisotopic (exact) mass is 178 g/mol. The third kappa shape index (κ3) is 3.30. The standard InChI is InChI=1S/C10H14N2O/c1-2-9(5-6-11)12-8-10-4-3-7-13-10/h3-4,7,9,12H,2,5,8H2,1H3. The minimum absolute atomic E-state index is 0.273. The van der Waals surface area contributed by atoms with Gasteiger partial charge in [-0.05, 0) is 18.6 Å². The van der Waals surface area contributed by atoms with Crippen LogP contribution in [0.1, 0.15) is 25.5 Å². The molecule has 1 aromatic rings. The Bertz CT molecular complexity index is 261. The van der Waals surface area contributed by atoms with Crippen LogP contribution in [0.4, 0.5) is 0 Å². The first-order chi connectivity index (χ1) is 6.36. The normalized spacial score (nSPS) is 12.3. The van der Waals surface area contributed by atoms with Crippen LogP contribution in [0.5, 0.6) is 0 Å². The molecule has 0 spiro atoms. The highest BCUT2D eigenvalue weighted by molar-refractivity contribution is 4.98. The van der Waals surface area contributed by atoms with Crippen molar-refractivity contribution in [2.45, 2.75) is 32.4 Å². The van der Waals surface area contributed by atoms with Gasteiger partial charge in [0.25, 0.3) is 0 Å². The Hall–Kier alpha value is -1.27. The second-order valence-corrected chi connectivity index (χ2v) is 2.93. The van der Waals surface area contributed by atoms with Crippen LogP contribution in [0.15, 0.2) is 22.8 Å². The smallest absolute Gasteiger partial charge is 0.117 e. The largest absolute Gasteiger partial charge is 0.468 e. The average molecular weight is 178 g/mol. The average Bonchev–Trinajstić information content (AvgIpc) is 2.64. The lowest BCUT2D eigenvalue weighted by molar-refractivity contribution is 0.439. The summed E-state index contributed by atoms with van der Waals surface area (Å²) in [6.07, 6.45) is 3.17. The molecule has 1 aromatic heterocycles. The van der Waals surface area contributed by atoms with E-state index < -0.39 is 0 Å². The van der Waals surface area contributed by atoms with Crippen LogP contribution >= 0.6 is 0 Å². The molecule has 0 aliphatic carbocycles. The summed E-state index contributed by atoms with van der Waals surface area (Å²) in [6, 6.07) is 6.22. The fraction of sp³-hybridized carbons (Fsp3) is 0.500. The lowest BCUT2D eigenvalue weighted by atomic mass is 10.1. The van der Waals surface area contributed by atoms with E-state index in [2.05, 4.69) is 18.3 Å². The number of rotatable bonds is 5. The first kappa shape index (κ1) is 9.82. The second-order valence-electron chi connectivity index (χ2n) is 2.93. The third-order valence-electron chi connectivity index (χ3n) is 1.98. The third-order valence-corrected chi connectivity index (χ3v) is 1.98. The van der Waals surface area contributed by atoms with Crippen molar-refractivity contribution in [1.82, 2.24) is 5.32 Å². The van der Waals surface area contributed by atoms with E-state index in [1.54, 1.807) is 6.26 Å². The number of hydrogen-bond acceptors (Lipinski definition) is 3. The maximum atomic E-state index is 8.51. The molecular formula is C10H14N2O. The SMILES string of the molecule is CCC(CC#N)NCc1ccco1. The molecule has 3 nitrogen and oxygen atoms in total. The maximum absolute atomic E-state index is 8.51. The summed E-state index contributed by atoms with van der Waals surface area (Å²) in [7, 11) is 0. The highest BCUT2D eigenvalue weighted by Gasteiger charge is 2.04. The summed E-state index contributed by atoms with van der Waals surface area (Å²) in [4.78, 5) is 0. The van der Waals surface area contributed by atoms with Gasteiger partial charge in [0.2, 0.25) is 0 Å². The second kappa shape index (κ2) is 5.39. The van der Waals surface area contributed by atoms with Crippen molar-refractivity contribution < 1.29 is 4.42 Å². The number of hydrogen-bond donors (Lipinski definition) is 1. The predicted octanol–water partition coefficient (Wildman–Crippen LogP) is 2.06. The van der Waals surface area contributed by atoms with E-state index in [1.165, 1.54) is 0 Å². The fourth-order valence-electron chi connectivity index (χ4n) is 1.13. The Morgan fingerprint density at radius 3 is 3.08 bits per heavy atom. The van der Waals surface area contributed by atoms with E-state index in [1.807, 2.05) is 12.1 Å². The molecule has 1 heterocycles. The van der Waals surface area contributed by atoms with Crippen LogP contribution in [-0.4, -0.2) is 6.04 Å². The van der Waals surface area contributed by atoms with Crippen LogP contribution in [0, 0.1) is 11.3 Å². The van der Waals surface area contributed by atoms with E-state index in [-0.39, 0.29) is 6.04 Å². The van der Waals surface area contributed by atoms with Gasteiger partial charge >= 0.3 is 0 Å². The van der Waals surface area contributed by atoms with Crippen LogP contribution in [-0.2, 0) is 6.54 Å². The number of nitrogens with one attached hydrogen (secondary N) is 1. The Labute approximate surface area is 78.4 Å². The van der Waals surface area contributed by atoms with Crippen LogP contribution < -0.4 is 5.32 Å². The molecule has 0 fully saturated rings. The summed E-state index contributed by atoms with van der Waals surface area (Å²) < 4.78 is 5.16. The lowest BCUT2D eigenvalue weighted by Gasteiger charge is -2.11. The Kier molecular flexibility index (Phi) is 4.07. The Morgan fingerprint density at radius 1 is 1.69 bits per heavy atom. The van der Waals surface area contributed by atoms with Crippen LogP contribution in [0.25, 0.3) is 0 Å². The summed E-state index contributed by atoms with van der Waals surface area (Å²) in [5, 5.41) is 11.8. The van der Waals surface area contributed by atoms with Crippen molar-refractivity contribution in [3.8, 4) is 6.07 Å². The Morgan fingerprint density at radius 2 is 2.54 bits per heavy atom. The molecule has 1 unspecified atom stereocenters. The van der Waals surface area contributed by atoms with Crippen molar-refractivity contribution in [2.75, 3.05) is 0 Å². The molecule has 0 amide bonds. The zero-order valence-corrected chi connectivity index (χ0v) is 7.79. The van der Waals surface area contributed by atoms with E-state index in [0.717, 1.165) is 12.2 Å². The predicted molar refractivity (Wildman–Crippen MR) is 49.9 cm³/mol. The first-order valence-corrected chi connectivity index (χ1v) is 4.49. The first-order valence-electron chi connectivity index (χ1n) is 4.49. The molecule has 0 saturated heterocycles. The molecule has 0 radical (unpaired) electrons. The molecule has 1 atom stereocenters. The fourth-order valence-corrected chi connectivity index (χ4v) is 1.13. The van der Waals surface area contributed by atoms with Gasteiger partial charge in [0.05, 0.1) is 25.3 Å². The van der Waals surface area contributed by atoms with Gasteiger partial charge in [-0.25, -0.2) is 0 Å². The molecule has 70 valence electrons. The van der Waals surface area contributed by atoms with Gasteiger partial charge in [-0.2, -0.15) is 5.26 Å². The van der Waals surface area contributed by atoms with Crippen molar-refractivity contribution >= 4 is 0 Å². The van der Waals surface area contributed by atoms with Crippen LogP contribution in [0.2, 0.25) is 0 Å². The molecule has 0 bridgehead atoms. The van der Waals surface area contributed by atoms with Gasteiger partial charge in [-0.15, -0.1) is 0 Å². The summed E-state index contributed by atoms with van der Waals surface area (Å²) in [6.45, 7) is 2.77. The Balaban J connectivity index is 2.28. The van der Waals surface area contributed by atoms with Gasteiger partial charge in [-0.1, -0.05) is 6.92 Å². The molecule has 0 aliphatic heterocycles. The maximum Gasteiger partial charge on any atom is 0.117 e. The number of nitriles is 1. The molecule has 3 heteroatoms. The molecule has 1 rings (SSSR count). The molecule has 0 aliphatic rings. The van der Waals surface area contributed by atoms with Crippen molar-refractivity contribution in [2.24, 2.45) is 0 Å². The van der Waals surface area contributed by atoms with Crippen molar-refractivity contribution in [3.05, 3.63) is 24.2 Å². The molecular weight excluding hydrogens is 164 g/mol. The highest BCUT2D eigenvalue weighted by Crippen LogP contribution is 2.02. The zero-order valence-electron chi connectivity index (χ0n) is 7.79. The number of nitrogens with zero attached hydrogens (tertiary/aromatic N) is 1. The topological polar surface area (TPSA) is 49.0 Å². The van der Waals surface area contributed by atoms with Crippen molar-refractivity contribution in [3.63, 3.8) is 0 Å². The van der Waals surface area contributed by atoms with Gasteiger partial charge in [0.1, 0.15) is 5.76 Å². The highest BCUT2D eigenvalue weighted by atomic mass is 16.3. The minimum atomic E-state index is 0.273. The van der Waals surface area contributed by atoms with E-state index in [4.69, 9.17) is 9.68 Å². The quantitative estimate of drug-likeness (QED) is 0.750. The van der Waals surface area contributed by atoms with Gasteiger partial charge in [-0.3, -0.25) is 0 Å². The minimum Gasteiger partial charge on any atom is -0.468 e. The lowest BCUT2D eigenvalue weighted by Crippen LogP contribution is -2.27. The molecule has 0 aromatic carbocycles. The van der Waals surface area contributed by atoms with E-state index >= 15 is 0 Å². The summed E-state index contributed by atoms with van der Waals surface area (Å²) in [5.41, 5.74) is 0. The summed E-state index contributed by atoms with van der Waals surface area (Å²) >= 11 is 0. The number of furan rings is 1. The summed E-state index contributed by atoms with van der Waals surface area (Å²) in [5.74, 6) is 0.913.